The lowest BCUT2D eigenvalue weighted by atomic mass is 9.98. The number of carbonyl (C=O) groups excluding carboxylic acids is 4. The topological polar surface area (TPSA) is 105 Å². The first-order valence-corrected chi connectivity index (χ1v) is 10.6. The lowest BCUT2D eigenvalue weighted by Crippen LogP contribution is -2.44. The van der Waals surface area contributed by atoms with Crippen LogP contribution in [0.1, 0.15) is 57.9 Å². The van der Waals surface area contributed by atoms with Crippen molar-refractivity contribution in [1.29, 1.82) is 0 Å². The Labute approximate surface area is 176 Å². The van der Waals surface area contributed by atoms with Crippen LogP contribution in [0.4, 0.5) is 10.5 Å². The predicted molar refractivity (Wildman–Crippen MR) is 111 cm³/mol. The smallest absolute Gasteiger partial charge is 0.325 e. The van der Waals surface area contributed by atoms with Gasteiger partial charge in [-0.05, 0) is 50.3 Å². The maximum Gasteiger partial charge on any atom is 0.325 e. The van der Waals surface area contributed by atoms with Crippen LogP contribution in [0, 0.1) is 0 Å². The van der Waals surface area contributed by atoms with Gasteiger partial charge in [0.2, 0.25) is 0 Å². The van der Waals surface area contributed by atoms with Gasteiger partial charge in [-0.15, -0.1) is 0 Å². The minimum Gasteiger partial charge on any atom is -0.453 e. The zero-order chi connectivity index (χ0) is 21.7. The molecule has 1 spiro atoms. The van der Waals surface area contributed by atoms with Crippen molar-refractivity contribution in [3.05, 3.63) is 29.8 Å². The van der Waals surface area contributed by atoms with Gasteiger partial charge >= 0.3 is 12.0 Å². The Bertz CT molecular complexity index is 815. The number of aryl methyl sites for hydroxylation is 1. The Kier molecular flexibility index (Phi) is 6.74. The molecule has 8 nitrogen and oxygen atoms in total. The van der Waals surface area contributed by atoms with E-state index in [9.17, 15) is 19.2 Å². The quantitative estimate of drug-likeness (QED) is 0.502. The normalized spacial score (nSPS) is 18.4. The zero-order valence-corrected chi connectivity index (χ0v) is 17.5. The van der Waals surface area contributed by atoms with E-state index in [1.807, 2.05) is 19.1 Å². The van der Waals surface area contributed by atoms with E-state index in [1.165, 1.54) is 11.8 Å². The lowest BCUT2D eigenvalue weighted by Gasteiger charge is -2.20. The molecule has 1 saturated heterocycles. The third kappa shape index (κ3) is 4.80. The number of ether oxygens (including phenoxy) is 1. The van der Waals surface area contributed by atoms with Crippen molar-refractivity contribution in [2.75, 3.05) is 11.9 Å². The number of hydrogen-bond donors (Lipinski definition) is 2. The summed E-state index contributed by atoms with van der Waals surface area (Å²) in [4.78, 5) is 50.2. The summed E-state index contributed by atoms with van der Waals surface area (Å²) in [6, 6.07) is 7.08. The molecule has 2 aliphatic rings. The molecule has 3 rings (SSSR count). The van der Waals surface area contributed by atoms with Crippen molar-refractivity contribution in [2.24, 2.45) is 0 Å². The maximum atomic E-state index is 12.6. The summed E-state index contributed by atoms with van der Waals surface area (Å²) in [5.41, 5.74) is 1.07. The molecule has 1 aromatic rings. The van der Waals surface area contributed by atoms with Gasteiger partial charge in [0.1, 0.15) is 5.54 Å². The summed E-state index contributed by atoms with van der Waals surface area (Å²) in [6.07, 6.45) is 3.47. The van der Waals surface area contributed by atoms with Crippen LogP contribution in [-0.4, -0.2) is 46.9 Å². The Morgan fingerprint density at radius 3 is 2.50 bits per heavy atom. The Morgan fingerprint density at radius 1 is 1.20 bits per heavy atom. The summed E-state index contributed by atoms with van der Waals surface area (Å²) < 4.78 is 5.19. The van der Waals surface area contributed by atoms with Gasteiger partial charge in [0.15, 0.2) is 6.10 Å². The van der Waals surface area contributed by atoms with E-state index in [2.05, 4.69) is 10.6 Å². The number of nitrogens with one attached hydrogen (secondary N) is 2. The van der Waals surface area contributed by atoms with Gasteiger partial charge in [-0.2, -0.15) is 0 Å². The molecule has 0 aromatic heterocycles. The highest BCUT2D eigenvalue weighted by atomic mass is 16.5. The van der Waals surface area contributed by atoms with Gasteiger partial charge in [0.05, 0.1) is 0 Å². The SMILES string of the molecule is CCc1ccc(NC(=O)[C@@H](C)OC(=O)CCCN2C(=O)NC3(CCCC3)C2=O)cc1. The number of rotatable bonds is 8. The summed E-state index contributed by atoms with van der Waals surface area (Å²) in [7, 11) is 0. The second-order valence-electron chi connectivity index (χ2n) is 7.95. The van der Waals surface area contributed by atoms with Crippen molar-refractivity contribution in [3.63, 3.8) is 0 Å². The first-order valence-electron chi connectivity index (χ1n) is 10.6. The van der Waals surface area contributed by atoms with E-state index in [0.29, 0.717) is 24.9 Å². The van der Waals surface area contributed by atoms with Crippen molar-refractivity contribution < 1.29 is 23.9 Å². The van der Waals surface area contributed by atoms with Crippen LogP contribution in [0.25, 0.3) is 0 Å². The molecule has 2 fully saturated rings. The molecule has 162 valence electrons. The van der Waals surface area contributed by atoms with E-state index in [-0.39, 0.29) is 18.9 Å². The van der Waals surface area contributed by atoms with Gasteiger partial charge < -0.3 is 15.4 Å². The number of amides is 4. The Hall–Kier alpha value is -2.90. The van der Waals surface area contributed by atoms with Crippen LogP contribution in [0.3, 0.4) is 0 Å². The molecule has 30 heavy (non-hydrogen) atoms. The fraction of sp³-hybridized carbons (Fsp3) is 0.545. The number of hydrogen-bond acceptors (Lipinski definition) is 5. The van der Waals surface area contributed by atoms with E-state index in [0.717, 1.165) is 24.8 Å². The molecular weight excluding hydrogens is 386 g/mol. The van der Waals surface area contributed by atoms with Gasteiger partial charge in [0.25, 0.3) is 11.8 Å². The van der Waals surface area contributed by atoms with Crippen LogP contribution in [0.15, 0.2) is 24.3 Å². The maximum absolute atomic E-state index is 12.6. The molecule has 1 aliphatic carbocycles. The molecule has 1 aromatic carbocycles. The summed E-state index contributed by atoms with van der Waals surface area (Å²) >= 11 is 0. The zero-order valence-electron chi connectivity index (χ0n) is 17.5. The number of anilines is 1. The van der Waals surface area contributed by atoms with E-state index in [1.54, 1.807) is 12.1 Å². The first kappa shape index (κ1) is 21.8. The largest absolute Gasteiger partial charge is 0.453 e. The number of carbonyl (C=O) groups is 4. The molecule has 1 heterocycles. The number of nitrogens with zero attached hydrogens (tertiary/aromatic N) is 1. The Morgan fingerprint density at radius 2 is 1.87 bits per heavy atom. The highest BCUT2D eigenvalue weighted by Crippen LogP contribution is 2.35. The summed E-state index contributed by atoms with van der Waals surface area (Å²) in [5.74, 6) is -1.15. The first-order chi connectivity index (χ1) is 14.3. The highest BCUT2D eigenvalue weighted by Gasteiger charge is 2.52. The molecule has 1 saturated carbocycles. The Balaban J connectivity index is 1.41. The molecule has 1 atom stereocenters. The van der Waals surface area contributed by atoms with Crippen LogP contribution in [0.2, 0.25) is 0 Å². The second kappa shape index (κ2) is 9.28. The summed E-state index contributed by atoms with van der Waals surface area (Å²) in [5, 5.41) is 5.53. The lowest BCUT2D eigenvalue weighted by molar-refractivity contribution is -0.153. The minimum absolute atomic E-state index is 0.0207. The van der Waals surface area contributed by atoms with Crippen molar-refractivity contribution in [2.45, 2.75) is 70.4 Å². The average Bonchev–Trinajstić information content (AvgIpc) is 3.28. The minimum atomic E-state index is -0.943. The molecular formula is C22H29N3O5. The van der Waals surface area contributed by atoms with Crippen molar-refractivity contribution >= 4 is 29.5 Å². The third-order valence-electron chi connectivity index (χ3n) is 5.77. The van der Waals surface area contributed by atoms with Crippen LogP contribution in [0.5, 0.6) is 0 Å². The predicted octanol–water partition coefficient (Wildman–Crippen LogP) is 2.76. The van der Waals surface area contributed by atoms with Crippen LogP contribution in [-0.2, 0) is 25.5 Å². The number of urea groups is 1. The van der Waals surface area contributed by atoms with Crippen molar-refractivity contribution in [1.82, 2.24) is 10.2 Å². The van der Waals surface area contributed by atoms with E-state index < -0.39 is 29.6 Å². The molecule has 4 amide bonds. The standard InChI is InChI=1S/C22H29N3O5/c1-3-16-8-10-17(11-9-16)23-19(27)15(2)30-18(26)7-6-14-25-20(28)22(24-21(25)29)12-4-5-13-22/h8-11,15H,3-7,12-14H2,1-2H3,(H,23,27)(H,24,29)/t15-/m1/s1. The highest BCUT2D eigenvalue weighted by molar-refractivity contribution is 6.07. The van der Waals surface area contributed by atoms with E-state index >= 15 is 0 Å². The average molecular weight is 415 g/mol. The molecule has 1 aliphatic heterocycles. The number of imide groups is 1. The molecule has 0 unspecified atom stereocenters. The third-order valence-corrected chi connectivity index (χ3v) is 5.77. The molecule has 2 N–H and O–H groups in total. The molecule has 0 radical (unpaired) electrons. The van der Waals surface area contributed by atoms with Gasteiger partial charge in [-0.3, -0.25) is 19.3 Å². The monoisotopic (exact) mass is 415 g/mol. The number of benzene rings is 1. The molecule has 0 bridgehead atoms. The fourth-order valence-electron chi connectivity index (χ4n) is 3.96. The molecule has 8 heteroatoms. The van der Waals surface area contributed by atoms with Crippen LogP contribution >= 0.6 is 0 Å². The second-order valence-corrected chi connectivity index (χ2v) is 7.95. The number of esters is 1. The van der Waals surface area contributed by atoms with Gasteiger partial charge in [-0.25, -0.2) is 4.79 Å². The van der Waals surface area contributed by atoms with Gasteiger partial charge in [0, 0.05) is 18.7 Å². The summed E-state index contributed by atoms with van der Waals surface area (Å²) in [6.45, 7) is 3.72. The van der Waals surface area contributed by atoms with Gasteiger partial charge in [-0.1, -0.05) is 31.9 Å². The fourth-order valence-corrected chi connectivity index (χ4v) is 3.96. The van der Waals surface area contributed by atoms with Crippen LogP contribution < -0.4 is 10.6 Å². The van der Waals surface area contributed by atoms with E-state index in [4.69, 9.17) is 4.74 Å². The van der Waals surface area contributed by atoms with Crippen molar-refractivity contribution in [3.8, 4) is 0 Å².